The van der Waals surface area contributed by atoms with Crippen molar-refractivity contribution in [3.8, 4) is 0 Å². The minimum atomic E-state index is -3.33. The summed E-state index contributed by atoms with van der Waals surface area (Å²) in [4.78, 5) is 3.48. The highest BCUT2D eigenvalue weighted by Crippen LogP contribution is 2.22. The van der Waals surface area contributed by atoms with Crippen LogP contribution in [0.25, 0.3) is 0 Å². The molecule has 2 fully saturated rings. The van der Waals surface area contributed by atoms with Crippen LogP contribution in [0.5, 0.6) is 0 Å². The number of H-pyrrole nitrogens is 1. The summed E-state index contributed by atoms with van der Waals surface area (Å²) < 4.78 is 26.8. The first-order valence-electron chi connectivity index (χ1n) is 7.15. The van der Waals surface area contributed by atoms with Crippen molar-refractivity contribution in [1.29, 1.82) is 0 Å². The first-order chi connectivity index (χ1) is 9.66. The Labute approximate surface area is 124 Å². The van der Waals surface area contributed by atoms with Gasteiger partial charge in [-0.3, -0.25) is 0 Å². The van der Waals surface area contributed by atoms with Crippen molar-refractivity contribution in [3.05, 3.63) is 18.0 Å². The highest BCUT2D eigenvalue weighted by Gasteiger charge is 2.26. The van der Waals surface area contributed by atoms with Crippen LogP contribution in [0.15, 0.2) is 17.2 Å². The molecule has 2 heterocycles. The van der Waals surface area contributed by atoms with E-state index in [1.807, 2.05) is 11.8 Å². The zero-order valence-corrected chi connectivity index (χ0v) is 13.1. The minimum Gasteiger partial charge on any atom is -0.363 e. The largest absolute Gasteiger partial charge is 0.363 e. The van der Waals surface area contributed by atoms with Crippen LogP contribution in [0, 0.1) is 0 Å². The summed E-state index contributed by atoms with van der Waals surface area (Å²) in [6.45, 7) is 1.97. The summed E-state index contributed by atoms with van der Waals surface area (Å²) in [5.41, 5.74) is 0.944. The smallest absolute Gasteiger partial charge is 0.244 e. The van der Waals surface area contributed by atoms with Crippen molar-refractivity contribution in [2.75, 3.05) is 24.6 Å². The Morgan fingerprint density at radius 1 is 1.35 bits per heavy atom. The van der Waals surface area contributed by atoms with Crippen molar-refractivity contribution in [3.63, 3.8) is 0 Å². The van der Waals surface area contributed by atoms with Gasteiger partial charge in [-0.1, -0.05) is 0 Å². The maximum atomic E-state index is 12.6. The predicted molar refractivity (Wildman–Crippen MR) is 81.4 cm³/mol. The second-order valence-electron chi connectivity index (χ2n) is 5.39. The topological polar surface area (TPSA) is 65.2 Å². The molecule has 20 heavy (non-hydrogen) atoms. The van der Waals surface area contributed by atoms with Gasteiger partial charge < -0.3 is 10.3 Å². The summed E-state index contributed by atoms with van der Waals surface area (Å²) in [6, 6.07) is 2.39. The van der Waals surface area contributed by atoms with E-state index >= 15 is 0 Å². The number of nitrogens with one attached hydrogen (secondary N) is 2. The standard InChI is InChI=1S/C13H21N3O2S2/c17-20(18,16-4-1-6-19-7-5-16)13-8-12(15-10-13)9-14-11-2-3-11/h8,10-11,14-15H,1-7,9H2. The monoisotopic (exact) mass is 315 g/mol. The number of sulfonamides is 1. The molecule has 2 aliphatic rings. The van der Waals surface area contributed by atoms with Gasteiger partial charge in [0.15, 0.2) is 0 Å². The fraction of sp³-hybridized carbons (Fsp3) is 0.692. The van der Waals surface area contributed by atoms with Gasteiger partial charge >= 0.3 is 0 Å². The number of rotatable bonds is 5. The second-order valence-corrected chi connectivity index (χ2v) is 8.55. The number of hydrogen-bond donors (Lipinski definition) is 2. The average Bonchev–Trinajstić information content (AvgIpc) is 3.19. The molecule has 0 unspecified atom stereocenters. The highest BCUT2D eigenvalue weighted by atomic mass is 32.2. The van der Waals surface area contributed by atoms with Crippen molar-refractivity contribution in [1.82, 2.24) is 14.6 Å². The zero-order valence-electron chi connectivity index (χ0n) is 11.5. The maximum absolute atomic E-state index is 12.6. The Morgan fingerprint density at radius 2 is 2.20 bits per heavy atom. The third kappa shape index (κ3) is 3.39. The molecule has 112 valence electrons. The molecule has 0 amide bonds. The summed E-state index contributed by atoms with van der Waals surface area (Å²) >= 11 is 1.83. The molecular weight excluding hydrogens is 294 g/mol. The first-order valence-corrected chi connectivity index (χ1v) is 9.74. The van der Waals surface area contributed by atoms with Gasteiger partial charge in [-0.2, -0.15) is 16.1 Å². The number of aromatic amines is 1. The first kappa shape index (κ1) is 14.4. The normalized spacial score (nSPS) is 21.8. The number of aromatic nitrogens is 1. The molecule has 1 aliphatic carbocycles. The van der Waals surface area contributed by atoms with Crippen LogP contribution in [0.1, 0.15) is 25.0 Å². The number of hydrogen-bond acceptors (Lipinski definition) is 4. The lowest BCUT2D eigenvalue weighted by molar-refractivity contribution is 0.435. The predicted octanol–water partition coefficient (Wildman–Crippen LogP) is 1.39. The Bertz CT molecular complexity index is 544. The molecule has 2 N–H and O–H groups in total. The average molecular weight is 315 g/mol. The molecule has 1 aliphatic heterocycles. The van der Waals surface area contributed by atoms with Crippen LogP contribution in [0.4, 0.5) is 0 Å². The van der Waals surface area contributed by atoms with Gasteiger partial charge in [0.25, 0.3) is 0 Å². The molecule has 3 rings (SSSR count). The van der Waals surface area contributed by atoms with Gasteiger partial charge in [-0.15, -0.1) is 0 Å². The quantitative estimate of drug-likeness (QED) is 0.862. The number of thioether (sulfide) groups is 1. The lowest BCUT2D eigenvalue weighted by Crippen LogP contribution is -2.32. The van der Waals surface area contributed by atoms with E-state index in [1.54, 1.807) is 16.6 Å². The molecule has 1 aromatic heterocycles. The summed E-state index contributed by atoms with van der Waals surface area (Å²) in [5.74, 6) is 1.94. The third-order valence-electron chi connectivity index (χ3n) is 3.69. The van der Waals surface area contributed by atoms with Crippen molar-refractivity contribution < 1.29 is 8.42 Å². The molecule has 0 bridgehead atoms. The van der Waals surface area contributed by atoms with Crippen LogP contribution >= 0.6 is 11.8 Å². The Balaban J connectivity index is 1.69. The van der Waals surface area contributed by atoms with Crippen molar-refractivity contribution >= 4 is 21.8 Å². The van der Waals surface area contributed by atoms with Crippen LogP contribution in [0.3, 0.4) is 0 Å². The van der Waals surface area contributed by atoms with Gasteiger partial charge in [0.2, 0.25) is 10.0 Å². The van der Waals surface area contributed by atoms with E-state index in [-0.39, 0.29) is 0 Å². The van der Waals surface area contributed by atoms with E-state index < -0.39 is 10.0 Å². The summed E-state index contributed by atoms with van der Waals surface area (Å²) in [6.07, 6.45) is 5.02. The van der Waals surface area contributed by atoms with E-state index in [4.69, 9.17) is 0 Å². The van der Waals surface area contributed by atoms with Crippen molar-refractivity contribution in [2.24, 2.45) is 0 Å². The van der Waals surface area contributed by atoms with E-state index in [2.05, 4.69) is 10.3 Å². The molecule has 1 saturated heterocycles. The molecule has 5 nitrogen and oxygen atoms in total. The Hall–Kier alpha value is -0.500. The van der Waals surface area contributed by atoms with Gasteiger partial charge in [-0.25, -0.2) is 8.42 Å². The minimum absolute atomic E-state index is 0.400. The number of nitrogens with zero attached hydrogens (tertiary/aromatic N) is 1. The van der Waals surface area contributed by atoms with E-state index in [0.717, 1.165) is 30.2 Å². The van der Waals surface area contributed by atoms with Gasteiger partial charge in [0.1, 0.15) is 0 Å². The molecule has 0 aromatic carbocycles. The van der Waals surface area contributed by atoms with E-state index in [0.29, 0.717) is 24.0 Å². The SMILES string of the molecule is O=S(=O)(c1c[nH]c(CNC2CC2)c1)N1CCCSCC1. The van der Waals surface area contributed by atoms with E-state index in [1.165, 1.54) is 12.8 Å². The van der Waals surface area contributed by atoms with Gasteiger partial charge in [0.05, 0.1) is 4.90 Å². The van der Waals surface area contributed by atoms with Crippen LogP contribution in [0.2, 0.25) is 0 Å². The molecule has 1 aromatic rings. The Kier molecular flexibility index (Phi) is 4.40. The zero-order chi connectivity index (χ0) is 14.0. The van der Waals surface area contributed by atoms with Crippen LogP contribution in [-0.2, 0) is 16.6 Å². The summed E-state index contributed by atoms with van der Waals surface area (Å²) in [5, 5.41) is 3.38. The van der Waals surface area contributed by atoms with E-state index in [9.17, 15) is 8.42 Å². The van der Waals surface area contributed by atoms with Crippen molar-refractivity contribution in [2.45, 2.75) is 36.7 Å². The van der Waals surface area contributed by atoms with Crippen LogP contribution in [-0.4, -0.2) is 48.3 Å². The maximum Gasteiger partial charge on any atom is 0.244 e. The van der Waals surface area contributed by atoms with Gasteiger partial charge in [0, 0.05) is 43.3 Å². The lowest BCUT2D eigenvalue weighted by Gasteiger charge is -2.18. The molecular formula is C13H21N3O2S2. The molecule has 1 saturated carbocycles. The van der Waals surface area contributed by atoms with Crippen LogP contribution < -0.4 is 5.32 Å². The molecule has 0 atom stereocenters. The lowest BCUT2D eigenvalue weighted by atomic mass is 10.4. The molecule has 0 radical (unpaired) electrons. The Morgan fingerprint density at radius 3 is 3.00 bits per heavy atom. The molecule has 0 spiro atoms. The molecule has 7 heteroatoms. The van der Waals surface area contributed by atoms with Gasteiger partial charge in [-0.05, 0) is 31.1 Å². The fourth-order valence-corrected chi connectivity index (χ4v) is 4.82. The third-order valence-corrected chi connectivity index (χ3v) is 6.62. The highest BCUT2D eigenvalue weighted by molar-refractivity contribution is 7.99. The fourth-order valence-electron chi connectivity index (χ4n) is 2.32. The second kappa shape index (κ2) is 6.09. The summed E-state index contributed by atoms with van der Waals surface area (Å²) in [7, 11) is -3.33.